The molecule has 0 unspecified atom stereocenters. The van der Waals surface area contributed by atoms with Gasteiger partial charge in [0.1, 0.15) is 17.8 Å². The third-order valence-corrected chi connectivity index (χ3v) is 2.83. The van der Waals surface area contributed by atoms with Crippen LogP contribution in [0.25, 0.3) is 5.82 Å². The second kappa shape index (κ2) is 6.14. The topological polar surface area (TPSA) is 98.7 Å². The summed E-state index contributed by atoms with van der Waals surface area (Å²) in [6.45, 7) is 4.87. The third kappa shape index (κ3) is 2.76. The molecule has 0 saturated heterocycles. The summed E-state index contributed by atoms with van der Waals surface area (Å²) in [4.78, 5) is 19.7. The van der Waals surface area contributed by atoms with Gasteiger partial charge >= 0.3 is 0 Å². The van der Waals surface area contributed by atoms with Gasteiger partial charge in [-0.05, 0) is 19.4 Å². The molecule has 2 aromatic heterocycles. The van der Waals surface area contributed by atoms with Crippen LogP contribution >= 0.6 is 0 Å². The number of nitrogens with two attached hydrogens (primary N) is 1. The van der Waals surface area contributed by atoms with Crippen molar-refractivity contribution in [2.24, 2.45) is 5.73 Å². The van der Waals surface area contributed by atoms with E-state index in [1.807, 2.05) is 6.92 Å². The number of rotatable bonds is 6. The number of nitrogens with one attached hydrogen (secondary N) is 1. The second-order valence-corrected chi connectivity index (χ2v) is 4.31. The summed E-state index contributed by atoms with van der Waals surface area (Å²) in [5, 5.41) is 7.37. The second-order valence-electron chi connectivity index (χ2n) is 4.31. The number of aromatic nitrogens is 4. The lowest BCUT2D eigenvalue weighted by atomic mass is 10.1. The van der Waals surface area contributed by atoms with Gasteiger partial charge in [-0.1, -0.05) is 13.3 Å². The fourth-order valence-corrected chi connectivity index (χ4v) is 1.97. The van der Waals surface area contributed by atoms with Crippen molar-refractivity contribution in [3.05, 3.63) is 29.8 Å². The average molecular weight is 274 g/mol. The van der Waals surface area contributed by atoms with Crippen molar-refractivity contribution < 1.29 is 4.79 Å². The first-order chi connectivity index (χ1) is 9.67. The Morgan fingerprint density at radius 3 is 2.80 bits per heavy atom. The molecule has 0 aliphatic rings. The number of carbonyl (C=O) groups is 1. The number of carbonyl (C=O) groups excluding carboxylic acids is 1. The maximum absolute atomic E-state index is 11.1. The van der Waals surface area contributed by atoms with E-state index in [2.05, 4.69) is 27.3 Å². The van der Waals surface area contributed by atoms with Gasteiger partial charge in [0.25, 0.3) is 5.91 Å². The minimum atomic E-state index is -0.554. The summed E-state index contributed by atoms with van der Waals surface area (Å²) in [5.74, 6) is 0.919. The highest BCUT2D eigenvalue weighted by Crippen LogP contribution is 2.20. The highest BCUT2D eigenvalue weighted by molar-refractivity contribution is 5.90. The van der Waals surface area contributed by atoms with Crippen LogP contribution in [0.1, 0.15) is 36.3 Å². The molecule has 0 radical (unpaired) electrons. The van der Waals surface area contributed by atoms with Crippen LogP contribution in [0.4, 0.5) is 5.82 Å². The molecule has 2 rings (SSSR count). The molecule has 0 aliphatic carbocycles. The molecule has 106 valence electrons. The van der Waals surface area contributed by atoms with Crippen LogP contribution in [0.3, 0.4) is 0 Å². The largest absolute Gasteiger partial charge is 0.370 e. The molecule has 0 aliphatic heterocycles. The number of nitrogens with zero attached hydrogens (tertiary/aromatic N) is 4. The van der Waals surface area contributed by atoms with Crippen molar-refractivity contribution in [1.29, 1.82) is 0 Å². The van der Waals surface area contributed by atoms with E-state index >= 15 is 0 Å². The monoisotopic (exact) mass is 274 g/mol. The molecule has 2 aromatic rings. The smallest absolute Gasteiger partial charge is 0.269 e. The van der Waals surface area contributed by atoms with Gasteiger partial charge in [0.05, 0.1) is 0 Å². The van der Waals surface area contributed by atoms with Crippen molar-refractivity contribution in [1.82, 2.24) is 19.7 Å². The van der Waals surface area contributed by atoms with E-state index in [0.29, 0.717) is 5.82 Å². The zero-order valence-electron chi connectivity index (χ0n) is 11.6. The SMILES string of the molecule is CCCc1c(NCC)ncnc1-n1ccc(C(N)=O)n1. The van der Waals surface area contributed by atoms with E-state index in [4.69, 9.17) is 5.73 Å². The van der Waals surface area contributed by atoms with Gasteiger partial charge in [-0.15, -0.1) is 0 Å². The van der Waals surface area contributed by atoms with E-state index in [1.165, 1.54) is 6.33 Å². The Morgan fingerprint density at radius 1 is 1.40 bits per heavy atom. The first kappa shape index (κ1) is 14.0. The number of hydrogen-bond acceptors (Lipinski definition) is 5. The normalized spacial score (nSPS) is 10.5. The molecule has 0 bridgehead atoms. The molecule has 0 fully saturated rings. The van der Waals surface area contributed by atoms with Gasteiger partial charge in [-0.2, -0.15) is 5.10 Å². The summed E-state index contributed by atoms with van der Waals surface area (Å²) in [5.41, 5.74) is 6.42. The predicted octanol–water partition coefficient (Wildman–Crippen LogP) is 1.15. The molecule has 1 amide bonds. The highest BCUT2D eigenvalue weighted by atomic mass is 16.1. The minimum absolute atomic E-state index is 0.219. The fraction of sp³-hybridized carbons (Fsp3) is 0.385. The Balaban J connectivity index is 2.48. The van der Waals surface area contributed by atoms with Crippen LogP contribution in [0, 0.1) is 0 Å². The van der Waals surface area contributed by atoms with Crippen LogP contribution in [0.5, 0.6) is 0 Å². The third-order valence-electron chi connectivity index (χ3n) is 2.83. The van der Waals surface area contributed by atoms with Crippen molar-refractivity contribution in [2.75, 3.05) is 11.9 Å². The lowest BCUT2D eigenvalue weighted by Gasteiger charge is -2.12. The van der Waals surface area contributed by atoms with Crippen LogP contribution in [-0.4, -0.2) is 32.2 Å². The lowest BCUT2D eigenvalue weighted by molar-refractivity contribution is 0.0995. The van der Waals surface area contributed by atoms with Gasteiger partial charge in [-0.3, -0.25) is 4.79 Å². The first-order valence-electron chi connectivity index (χ1n) is 6.61. The molecule has 20 heavy (non-hydrogen) atoms. The minimum Gasteiger partial charge on any atom is -0.370 e. The predicted molar refractivity (Wildman–Crippen MR) is 75.8 cm³/mol. The summed E-state index contributed by atoms with van der Waals surface area (Å²) in [7, 11) is 0. The molecule has 2 heterocycles. The molecule has 7 heteroatoms. The first-order valence-corrected chi connectivity index (χ1v) is 6.61. The lowest BCUT2D eigenvalue weighted by Crippen LogP contribution is -2.14. The summed E-state index contributed by atoms with van der Waals surface area (Å²) in [6.07, 6.45) is 4.95. The van der Waals surface area contributed by atoms with E-state index in [-0.39, 0.29) is 5.69 Å². The fourth-order valence-electron chi connectivity index (χ4n) is 1.97. The number of hydrogen-bond donors (Lipinski definition) is 2. The summed E-state index contributed by atoms with van der Waals surface area (Å²) >= 11 is 0. The quantitative estimate of drug-likeness (QED) is 0.823. The average Bonchev–Trinajstić information content (AvgIpc) is 2.91. The zero-order valence-corrected chi connectivity index (χ0v) is 11.6. The van der Waals surface area contributed by atoms with Crippen molar-refractivity contribution in [2.45, 2.75) is 26.7 Å². The summed E-state index contributed by atoms with van der Waals surface area (Å²) < 4.78 is 1.56. The van der Waals surface area contributed by atoms with Gasteiger partial charge in [-0.25, -0.2) is 14.6 Å². The number of primary amides is 1. The Bertz CT molecular complexity index is 607. The van der Waals surface area contributed by atoms with Crippen LogP contribution in [-0.2, 0) is 6.42 Å². The van der Waals surface area contributed by atoms with Crippen molar-refractivity contribution in [3.8, 4) is 5.82 Å². The Hall–Kier alpha value is -2.44. The van der Waals surface area contributed by atoms with Crippen molar-refractivity contribution in [3.63, 3.8) is 0 Å². The zero-order chi connectivity index (χ0) is 14.5. The molecule has 3 N–H and O–H groups in total. The van der Waals surface area contributed by atoms with Crippen LogP contribution < -0.4 is 11.1 Å². The Labute approximate surface area is 117 Å². The van der Waals surface area contributed by atoms with Gasteiger partial charge < -0.3 is 11.1 Å². The molecular formula is C13H18N6O. The van der Waals surface area contributed by atoms with E-state index < -0.39 is 5.91 Å². The van der Waals surface area contributed by atoms with Crippen LogP contribution in [0.2, 0.25) is 0 Å². The van der Waals surface area contributed by atoms with Gasteiger partial charge in [0.2, 0.25) is 0 Å². The van der Waals surface area contributed by atoms with Crippen molar-refractivity contribution >= 4 is 11.7 Å². The molecule has 0 saturated carbocycles. The van der Waals surface area contributed by atoms with Crippen LogP contribution in [0.15, 0.2) is 18.6 Å². The van der Waals surface area contributed by atoms with E-state index in [0.717, 1.165) is 30.8 Å². The molecular weight excluding hydrogens is 256 g/mol. The van der Waals surface area contributed by atoms with E-state index in [1.54, 1.807) is 16.9 Å². The Morgan fingerprint density at radius 2 is 2.20 bits per heavy atom. The molecule has 0 atom stereocenters. The number of anilines is 1. The molecule has 7 nitrogen and oxygen atoms in total. The summed E-state index contributed by atoms with van der Waals surface area (Å²) in [6, 6.07) is 1.58. The van der Waals surface area contributed by atoms with Gasteiger partial charge in [0.15, 0.2) is 5.82 Å². The standard InChI is InChI=1S/C13H18N6O/c1-3-5-9-12(15-4-2)16-8-17-13(9)19-7-6-10(18-19)11(14)20/h6-8H,3-5H2,1-2H3,(H2,14,20)(H,15,16,17). The maximum atomic E-state index is 11.1. The number of amides is 1. The Kier molecular flexibility index (Phi) is 4.29. The van der Waals surface area contributed by atoms with E-state index in [9.17, 15) is 4.79 Å². The highest BCUT2D eigenvalue weighted by Gasteiger charge is 2.14. The molecule has 0 aromatic carbocycles. The van der Waals surface area contributed by atoms with Gasteiger partial charge in [0, 0.05) is 18.3 Å². The molecule has 0 spiro atoms. The maximum Gasteiger partial charge on any atom is 0.269 e.